The SMILES string of the molecule is CC(C)(C)OC(=O)N[C@@H]1CCCCC/C=C\C2C[C@@]2(C(=O)NS(=O)(=O)C2CC2)NC(=O)[C@@H]2C[C@@H](OC(=O)N3Cc4cccc(F)c4C3)CN2C1=O. The second kappa shape index (κ2) is 14.1. The summed E-state index contributed by atoms with van der Waals surface area (Å²) in [6, 6.07) is 2.30. The molecule has 3 N–H and O–H groups in total. The molecule has 6 rings (SSSR count). The van der Waals surface area contributed by atoms with Crippen LogP contribution >= 0.6 is 0 Å². The molecule has 0 spiro atoms. The molecule has 278 valence electrons. The van der Waals surface area contributed by atoms with Gasteiger partial charge in [-0.1, -0.05) is 37.1 Å². The summed E-state index contributed by atoms with van der Waals surface area (Å²) >= 11 is 0. The lowest BCUT2D eigenvalue weighted by Crippen LogP contribution is -2.58. The summed E-state index contributed by atoms with van der Waals surface area (Å²) in [5, 5.41) is 4.79. The van der Waals surface area contributed by atoms with Gasteiger partial charge in [0.15, 0.2) is 0 Å². The number of rotatable bonds is 5. The van der Waals surface area contributed by atoms with E-state index in [1.54, 1.807) is 32.9 Å². The molecule has 3 heterocycles. The van der Waals surface area contributed by atoms with E-state index in [1.165, 1.54) is 15.9 Å². The second-order valence-electron chi connectivity index (χ2n) is 15.2. The third kappa shape index (κ3) is 8.31. The van der Waals surface area contributed by atoms with Gasteiger partial charge in [-0.3, -0.25) is 24.0 Å². The monoisotopic (exact) mass is 731 g/mol. The van der Waals surface area contributed by atoms with Gasteiger partial charge in [0.05, 0.1) is 18.3 Å². The molecule has 16 heteroatoms. The van der Waals surface area contributed by atoms with E-state index in [1.807, 2.05) is 12.2 Å². The Labute approximate surface area is 296 Å². The molecule has 5 atom stereocenters. The third-order valence-corrected chi connectivity index (χ3v) is 11.8. The minimum Gasteiger partial charge on any atom is -0.444 e. The fourth-order valence-electron chi connectivity index (χ4n) is 7.02. The number of fused-ring (bicyclic) bond motifs is 3. The van der Waals surface area contributed by atoms with E-state index in [2.05, 4.69) is 15.4 Å². The van der Waals surface area contributed by atoms with E-state index in [4.69, 9.17) is 9.47 Å². The number of nitrogens with one attached hydrogen (secondary N) is 3. The minimum absolute atomic E-state index is 0.00168. The standard InChI is InChI=1S/C35H46FN5O9S/c1-34(2,3)50-32(45)37-27-13-8-6-4-5-7-11-22-17-35(22,31(44)39-51(47,48)24-14-15-24)38-29(42)28-16-23(19-41(28)30(27)43)49-33(46)40-18-21-10-9-12-26(36)25(21)20-40/h7,9-12,22-24,27-28H,4-6,8,13-20H2,1-3H3,(H,37,45)(H,38,42)(H,39,44)/b11-7-/t22?,23-,27-,28+,35-/m1/s1. The zero-order valence-electron chi connectivity index (χ0n) is 29.1. The number of carbonyl (C=O) groups excluding carboxylic acids is 5. The van der Waals surface area contributed by atoms with Crippen molar-refractivity contribution in [1.29, 1.82) is 0 Å². The van der Waals surface area contributed by atoms with E-state index in [-0.39, 0.29) is 38.9 Å². The Balaban J connectivity index is 1.25. The number of halogens is 1. The van der Waals surface area contributed by atoms with Crippen LogP contribution < -0.4 is 15.4 Å². The Kier molecular flexibility index (Phi) is 10.1. The quantitative estimate of drug-likeness (QED) is 0.384. The highest BCUT2D eigenvalue weighted by molar-refractivity contribution is 7.91. The van der Waals surface area contributed by atoms with Crippen LogP contribution in [0.25, 0.3) is 0 Å². The average Bonchev–Trinajstić information content (AvgIpc) is 3.93. The zero-order valence-corrected chi connectivity index (χ0v) is 29.9. The van der Waals surface area contributed by atoms with Gasteiger partial charge in [-0.15, -0.1) is 0 Å². The van der Waals surface area contributed by atoms with Gasteiger partial charge in [-0.2, -0.15) is 0 Å². The molecule has 1 aromatic carbocycles. The Morgan fingerprint density at radius 2 is 1.82 bits per heavy atom. The van der Waals surface area contributed by atoms with Gasteiger partial charge in [0.2, 0.25) is 21.8 Å². The van der Waals surface area contributed by atoms with Gasteiger partial charge in [0, 0.05) is 24.4 Å². The van der Waals surface area contributed by atoms with E-state index >= 15 is 0 Å². The predicted octanol–water partition coefficient (Wildman–Crippen LogP) is 3.14. The van der Waals surface area contributed by atoms with Gasteiger partial charge >= 0.3 is 12.2 Å². The molecular formula is C35H46FN5O9S. The Morgan fingerprint density at radius 3 is 2.53 bits per heavy atom. The summed E-state index contributed by atoms with van der Waals surface area (Å²) in [4.78, 5) is 70.8. The molecule has 2 aliphatic carbocycles. The number of carbonyl (C=O) groups is 5. The van der Waals surface area contributed by atoms with Crippen molar-refractivity contribution in [2.24, 2.45) is 5.92 Å². The molecule has 1 aromatic rings. The molecule has 5 aliphatic rings. The van der Waals surface area contributed by atoms with Crippen LogP contribution in [-0.4, -0.2) is 89.2 Å². The Morgan fingerprint density at radius 1 is 1.06 bits per heavy atom. The maximum atomic E-state index is 14.4. The first-order chi connectivity index (χ1) is 24.1. The molecule has 1 unspecified atom stereocenters. The number of benzene rings is 1. The molecular weight excluding hydrogens is 685 g/mol. The minimum atomic E-state index is -3.92. The maximum Gasteiger partial charge on any atom is 0.410 e. The lowest BCUT2D eigenvalue weighted by Gasteiger charge is -2.30. The number of sulfonamides is 1. The fourth-order valence-corrected chi connectivity index (χ4v) is 8.39. The highest BCUT2D eigenvalue weighted by Crippen LogP contribution is 2.46. The summed E-state index contributed by atoms with van der Waals surface area (Å²) in [6.45, 7) is 5.01. The molecule has 2 saturated carbocycles. The summed E-state index contributed by atoms with van der Waals surface area (Å²) in [7, 11) is -3.92. The number of alkyl carbamates (subject to hydrolysis) is 1. The van der Waals surface area contributed by atoms with Gasteiger partial charge in [0.25, 0.3) is 5.91 Å². The van der Waals surface area contributed by atoms with E-state index < -0.39 is 86.2 Å². The second-order valence-corrected chi connectivity index (χ2v) is 17.2. The largest absolute Gasteiger partial charge is 0.444 e. The Bertz CT molecular complexity index is 1730. The normalized spacial score (nSPS) is 28.9. The first-order valence-corrected chi connectivity index (χ1v) is 19.2. The summed E-state index contributed by atoms with van der Waals surface area (Å²) in [6.07, 6.45) is 5.10. The number of hydrogen-bond donors (Lipinski definition) is 3. The van der Waals surface area contributed by atoms with Crippen LogP contribution in [0.1, 0.15) is 89.7 Å². The number of hydrogen-bond acceptors (Lipinski definition) is 9. The molecule has 5 amide bonds. The van der Waals surface area contributed by atoms with Crippen molar-refractivity contribution < 1.29 is 46.3 Å². The maximum absolute atomic E-state index is 14.4. The van der Waals surface area contributed by atoms with E-state index in [0.29, 0.717) is 36.8 Å². The number of ether oxygens (including phenoxy) is 2. The van der Waals surface area contributed by atoms with Crippen LogP contribution in [0.2, 0.25) is 0 Å². The number of nitrogens with zero attached hydrogens (tertiary/aromatic N) is 2. The Hall–Kier alpha value is -4.21. The van der Waals surface area contributed by atoms with Crippen molar-refractivity contribution in [3.63, 3.8) is 0 Å². The van der Waals surface area contributed by atoms with Crippen LogP contribution in [0.5, 0.6) is 0 Å². The molecule has 14 nitrogen and oxygen atoms in total. The zero-order chi connectivity index (χ0) is 36.7. The molecule has 0 bridgehead atoms. The predicted molar refractivity (Wildman–Crippen MR) is 180 cm³/mol. The van der Waals surface area contributed by atoms with Crippen LogP contribution in [0.4, 0.5) is 14.0 Å². The van der Waals surface area contributed by atoms with Crippen molar-refractivity contribution in [2.45, 2.75) is 126 Å². The van der Waals surface area contributed by atoms with Crippen molar-refractivity contribution in [3.05, 3.63) is 47.3 Å². The fraction of sp³-hybridized carbons (Fsp3) is 0.629. The smallest absolute Gasteiger partial charge is 0.410 e. The van der Waals surface area contributed by atoms with Crippen LogP contribution in [-0.2, 0) is 47.0 Å². The van der Waals surface area contributed by atoms with Crippen molar-refractivity contribution >= 4 is 39.9 Å². The summed E-state index contributed by atoms with van der Waals surface area (Å²) < 4.78 is 53.3. The van der Waals surface area contributed by atoms with Gasteiger partial charge < -0.3 is 25.0 Å². The highest BCUT2D eigenvalue weighted by atomic mass is 32.2. The molecule has 0 radical (unpaired) electrons. The number of allylic oxidation sites excluding steroid dienone is 1. The first kappa shape index (κ1) is 36.6. The van der Waals surface area contributed by atoms with E-state index in [0.717, 1.165) is 12.8 Å². The van der Waals surface area contributed by atoms with Gasteiger partial charge in [-0.25, -0.2) is 22.4 Å². The van der Waals surface area contributed by atoms with Crippen molar-refractivity contribution in [2.75, 3.05) is 6.54 Å². The topological polar surface area (TPSA) is 181 Å². The lowest BCUT2D eigenvalue weighted by atomic mass is 10.0. The van der Waals surface area contributed by atoms with Gasteiger partial charge in [-0.05, 0) is 70.9 Å². The first-order valence-electron chi connectivity index (χ1n) is 17.6. The van der Waals surface area contributed by atoms with Gasteiger partial charge in [0.1, 0.15) is 35.1 Å². The lowest BCUT2D eigenvalue weighted by molar-refractivity contribution is -0.141. The summed E-state index contributed by atoms with van der Waals surface area (Å²) in [5.41, 5.74) is -1.36. The third-order valence-electron chi connectivity index (χ3n) is 9.99. The number of amides is 5. The highest BCUT2D eigenvalue weighted by Gasteiger charge is 2.62. The van der Waals surface area contributed by atoms with Crippen molar-refractivity contribution in [3.8, 4) is 0 Å². The van der Waals surface area contributed by atoms with Crippen LogP contribution in [0, 0.1) is 11.7 Å². The summed E-state index contributed by atoms with van der Waals surface area (Å²) in [5.74, 6) is -3.06. The van der Waals surface area contributed by atoms with Crippen LogP contribution in [0.15, 0.2) is 30.4 Å². The van der Waals surface area contributed by atoms with E-state index in [9.17, 15) is 36.8 Å². The molecule has 3 fully saturated rings. The van der Waals surface area contributed by atoms with Crippen molar-refractivity contribution in [1.82, 2.24) is 25.2 Å². The van der Waals surface area contributed by atoms with Crippen LogP contribution in [0.3, 0.4) is 0 Å². The molecule has 51 heavy (non-hydrogen) atoms. The average molecular weight is 732 g/mol. The molecule has 0 aromatic heterocycles. The molecule has 1 saturated heterocycles. The molecule has 3 aliphatic heterocycles.